The van der Waals surface area contributed by atoms with Gasteiger partial charge in [-0.25, -0.2) is 13.4 Å². The Labute approximate surface area is 107 Å². The summed E-state index contributed by atoms with van der Waals surface area (Å²) in [5.41, 5.74) is 0. The van der Waals surface area contributed by atoms with Gasteiger partial charge in [-0.3, -0.25) is 0 Å². The number of ether oxygens (including phenoxy) is 1. The minimum absolute atomic E-state index is 0.0973. The maximum Gasteiger partial charge on any atom is 0.246 e. The Morgan fingerprint density at radius 1 is 1.56 bits per heavy atom. The van der Waals surface area contributed by atoms with Crippen molar-refractivity contribution >= 4 is 15.8 Å². The Balaban J connectivity index is 2.35. The number of hydrogen-bond acceptors (Lipinski definition) is 5. The Kier molecular flexibility index (Phi) is 3.84. The van der Waals surface area contributed by atoms with Crippen molar-refractivity contribution in [2.24, 2.45) is 0 Å². The van der Waals surface area contributed by atoms with Gasteiger partial charge in [0.15, 0.2) is 0 Å². The fraction of sp³-hybridized carbons (Fsp3) is 0.545. The number of nitrogens with one attached hydrogen (secondary N) is 1. The van der Waals surface area contributed by atoms with E-state index in [0.717, 1.165) is 6.42 Å². The average molecular weight is 271 g/mol. The predicted molar refractivity (Wildman–Crippen MR) is 68.0 cm³/mol. The van der Waals surface area contributed by atoms with E-state index in [0.29, 0.717) is 19.0 Å². The molecule has 1 unspecified atom stereocenters. The largest absolute Gasteiger partial charge is 0.380 e. The number of anilines is 1. The molecule has 0 spiro atoms. The Morgan fingerprint density at radius 2 is 2.33 bits per heavy atom. The van der Waals surface area contributed by atoms with Crippen molar-refractivity contribution in [1.29, 1.82) is 0 Å². The van der Waals surface area contributed by atoms with Crippen LogP contribution in [-0.2, 0) is 14.8 Å². The first-order valence-corrected chi connectivity index (χ1v) is 7.20. The molecule has 1 atom stereocenters. The molecule has 2 rings (SSSR count). The summed E-state index contributed by atoms with van der Waals surface area (Å²) < 4.78 is 31.6. The Morgan fingerprint density at radius 3 is 2.94 bits per heavy atom. The van der Waals surface area contributed by atoms with Crippen molar-refractivity contribution in [3.8, 4) is 0 Å². The molecule has 0 radical (unpaired) electrons. The standard InChI is InChI=1S/C11H17N3O3S/c1-12-11-10(4-3-6-13-11)18(15,16)14(2)9-5-7-17-8-9/h3-4,6,9H,5,7-8H2,1-2H3,(H,12,13). The summed E-state index contributed by atoms with van der Waals surface area (Å²) in [5.74, 6) is 0.364. The van der Waals surface area contributed by atoms with Gasteiger partial charge in [0.25, 0.3) is 0 Å². The molecule has 100 valence electrons. The molecule has 2 heterocycles. The molecule has 1 aromatic heterocycles. The number of nitrogens with zero attached hydrogens (tertiary/aromatic N) is 2. The SMILES string of the molecule is CNc1ncccc1S(=O)(=O)N(C)C1CCOC1. The van der Waals surface area contributed by atoms with Gasteiger partial charge in [-0.2, -0.15) is 4.31 Å². The van der Waals surface area contributed by atoms with Gasteiger partial charge in [-0.15, -0.1) is 0 Å². The van der Waals surface area contributed by atoms with Gasteiger partial charge in [0.05, 0.1) is 12.6 Å². The molecule has 0 amide bonds. The third kappa shape index (κ3) is 2.33. The Bertz CT molecular complexity index is 512. The zero-order valence-corrected chi connectivity index (χ0v) is 11.3. The highest BCUT2D eigenvalue weighted by Crippen LogP contribution is 2.24. The second kappa shape index (κ2) is 5.21. The molecule has 6 nitrogen and oxygen atoms in total. The van der Waals surface area contributed by atoms with Crippen LogP contribution in [0.2, 0.25) is 0 Å². The summed E-state index contributed by atoms with van der Waals surface area (Å²) >= 11 is 0. The average Bonchev–Trinajstić information content (AvgIpc) is 2.91. The number of rotatable bonds is 4. The van der Waals surface area contributed by atoms with Gasteiger partial charge in [0.2, 0.25) is 10.0 Å². The fourth-order valence-corrected chi connectivity index (χ4v) is 3.47. The first-order chi connectivity index (χ1) is 8.57. The summed E-state index contributed by atoms with van der Waals surface area (Å²) in [6.45, 7) is 1.06. The van der Waals surface area contributed by atoms with E-state index in [1.54, 1.807) is 32.4 Å². The lowest BCUT2D eigenvalue weighted by Crippen LogP contribution is -2.37. The van der Waals surface area contributed by atoms with E-state index >= 15 is 0 Å². The summed E-state index contributed by atoms with van der Waals surface area (Å²) in [5, 5.41) is 2.80. The van der Waals surface area contributed by atoms with Crippen LogP contribution in [-0.4, -0.2) is 51.1 Å². The molecule has 0 aromatic carbocycles. The van der Waals surface area contributed by atoms with Crippen molar-refractivity contribution in [2.45, 2.75) is 17.4 Å². The molecule has 0 aliphatic carbocycles. The molecule has 0 saturated carbocycles. The first kappa shape index (κ1) is 13.3. The topological polar surface area (TPSA) is 71.5 Å². The molecule has 18 heavy (non-hydrogen) atoms. The van der Waals surface area contributed by atoms with Crippen molar-refractivity contribution < 1.29 is 13.2 Å². The summed E-state index contributed by atoms with van der Waals surface area (Å²) in [6.07, 6.45) is 2.29. The van der Waals surface area contributed by atoms with Crippen LogP contribution in [0.5, 0.6) is 0 Å². The van der Waals surface area contributed by atoms with Crippen LogP contribution >= 0.6 is 0 Å². The van der Waals surface area contributed by atoms with Crippen LogP contribution in [0.3, 0.4) is 0 Å². The normalized spacial score (nSPS) is 20.3. The molecule has 1 saturated heterocycles. The van der Waals surface area contributed by atoms with Crippen LogP contribution in [0.1, 0.15) is 6.42 Å². The fourth-order valence-electron chi connectivity index (χ4n) is 1.95. The van der Waals surface area contributed by atoms with E-state index in [4.69, 9.17) is 4.74 Å². The maximum atomic E-state index is 12.5. The van der Waals surface area contributed by atoms with E-state index < -0.39 is 10.0 Å². The van der Waals surface area contributed by atoms with Crippen molar-refractivity contribution in [2.75, 3.05) is 32.6 Å². The van der Waals surface area contributed by atoms with Crippen molar-refractivity contribution in [3.63, 3.8) is 0 Å². The number of likely N-dealkylation sites (N-methyl/N-ethyl adjacent to an activating group) is 1. The molecular formula is C11H17N3O3S. The maximum absolute atomic E-state index is 12.5. The molecular weight excluding hydrogens is 254 g/mol. The number of sulfonamides is 1. The van der Waals surface area contributed by atoms with E-state index in [2.05, 4.69) is 10.3 Å². The lowest BCUT2D eigenvalue weighted by Gasteiger charge is -2.23. The van der Waals surface area contributed by atoms with Gasteiger partial charge in [0, 0.05) is 26.9 Å². The molecule has 1 aliphatic heterocycles. The molecule has 1 fully saturated rings. The summed E-state index contributed by atoms with van der Waals surface area (Å²) in [6, 6.07) is 3.08. The van der Waals surface area contributed by atoms with Crippen LogP contribution < -0.4 is 5.32 Å². The Hall–Kier alpha value is -1.18. The molecule has 1 aliphatic rings. The lowest BCUT2D eigenvalue weighted by molar-refractivity contribution is 0.181. The summed E-state index contributed by atoms with van der Waals surface area (Å²) in [4.78, 5) is 4.22. The second-order valence-corrected chi connectivity index (χ2v) is 6.10. The third-order valence-corrected chi connectivity index (χ3v) is 5.03. The van der Waals surface area contributed by atoms with Gasteiger partial charge in [-0.05, 0) is 18.6 Å². The number of aromatic nitrogens is 1. The van der Waals surface area contributed by atoms with Crippen LogP contribution in [0.25, 0.3) is 0 Å². The lowest BCUT2D eigenvalue weighted by atomic mass is 10.3. The molecule has 7 heteroatoms. The summed E-state index contributed by atoms with van der Waals surface area (Å²) in [7, 11) is -0.300. The van der Waals surface area contributed by atoms with Crippen LogP contribution in [0.4, 0.5) is 5.82 Å². The highest BCUT2D eigenvalue weighted by molar-refractivity contribution is 7.89. The van der Waals surface area contributed by atoms with Gasteiger partial charge >= 0.3 is 0 Å². The monoisotopic (exact) mass is 271 g/mol. The van der Waals surface area contributed by atoms with Crippen LogP contribution in [0.15, 0.2) is 23.2 Å². The minimum Gasteiger partial charge on any atom is -0.380 e. The van der Waals surface area contributed by atoms with Gasteiger partial charge in [0.1, 0.15) is 10.7 Å². The highest BCUT2D eigenvalue weighted by atomic mass is 32.2. The number of hydrogen-bond donors (Lipinski definition) is 1. The molecule has 1 aromatic rings. The quantitative estimate of drug-likeness (QED) is 0.865. The smallest absolute Gasteiger partial charge is 0.246 e. The number of pyridine rings is 1. The van der Waals surface area contributed by atoms with E-state index in [9.17, 15) is 8.42 Å². The van der Waals surface area contributed by atoms with E-state index in [1.165, 1.54) is 4.31 Å². The second-order valence-electron chi connectivity index (χ2n) is 4.14. The van der Waals surface area contributed by atoms with Crippen molar-refractivity contribution in [1.82, 2.24) is 9.29 Å². The first-order valence-electron chi connectivity index (χ1n) is 5.76. The van der Waals surface area contributed by atoms with Crippen LogP contribution in [0, 0.1) is 0 Å². The zero-order chi connectivity index (χ0) is 13.2. The van der Waals surface area contributed by atoms with Crippen molar-refractivity contribution in [3.05, 3.63) is 18.3 Å². The highest BCUT2D eigenvalue weighted by Gasteiger charge is 2.32. The molecule has 0 bridgehead atoms. The van der Waals surface area contributed by atoms with E-state index in [1.807, 2.05) is 0 Å². The minimum atomic E-state index is -3.54. The van der Waals surface area contributed by atoms with Gasteiger partial charge < -0.3 is 10.1 Å². The zero-order valence-electron chi connectivity index (χ0n) is 10.5. The van der Waals surface area contributed by atoms with E-state index in [-0.39, 0.29) is 10.9 Å². The van der Waals surface area contributed by atoms with Gasteiger partial charge in [-0.1, -0.05) is 0 Å². The predicted octanol–water partition coefficient (Wildman–Crippen LogP) is 0.533. The third-order valence-electron chi connectivity index (χ3n) is 3.08. The molecule has 1 N–H and O–H groups in total.